The van der Waals surface area contributed by atoms with Crippen LogP contribution in [0.3, 0.4) is 0 Å². The minimum atomic E-state index is -0.306. The maximum atomic E-state index is 11.3. The summed E-state index contributed by atoms with van der Waals surface area (Å²) in [6.07, 6.45) is 3.31. The molecule has 0 aliphatic heterocycles. The van der Waals surface area contributed by atoms with E-state index in [0.29, 0.717) is 5.69 Å². The van der Waals surface area contributed by atoms with Crippen molar-refractivity contribution in [3.63, 3.8) is 0 Å². The molecule has 0 aliphatic rings. The molecule has 0 unspecified atom stereocenters. The van der Waals surface area contributed by atoms with Gasteiger partial charge in [-0.15, -0.1) is 0 Å². The minimum Gasteiger partial charge on any atom is -0.464 e. The zero-order valence-electron chi connectivity index (χ0n) is 10.6. The van der Waals surface area contributed by atoms with Gasteiger partial charge in [0.1, 0.15) is 5.69 Å². The first-order valence-electron chi connectivity index (χ1n) is 5.74. The van der Waals surface area contributed by atoms with Crippen LogP contribution in [0, 0.1) is 5.41 Å². The molecule has 1 rings (SSSR count). The first-order chi connectivity index (χ1) is 7.48. The average molecular weight is 223 g/mol. The highest BCUT2D eigenvalue weighted by molar-refractivity contribution is 5.87. The number of aromatic amines is 1. The van der Waals surface area contributed by atoms with Crippen molar-refractivity contribution >= 4 is 5.97 Å². The second-order valence-electron chi connectivity index (χ2n) is 4.98. The summed E-state index contributed by atoms with van der Waals surface area (Å²) in [5, 5.41) is 0. The summed E-state index contributed by atoms with van der Waals surface area (Å²) in [6, 6.07) is 3.74. The zero-order chi connectivity index (χ0) is 12.2. The maximum absolute atomic E-state index is 11.3. The molecule has 3 heteroatoms. The van der Waals surface area contributed by atoms with Crippen molar-refractivity contribution in [1.82, 2.24) is 4.98 Å². The van der Waals surface area contributed by atoms with E-state index in [1.54, 1.807) is 6.07 Å². The van der Waals surface area contributed by atoms with Gasteiger partial charge in [0, 0.05) is 5.69 Å². The molecule has 0 spiro atoms. The molecule has 16 heavy (non-hydrogen) atoms. The van der Waals surface area contributed by atoms with Gasteiger partial charge in [-0.3, -0.25) is 0 Å². The summed E-state index contributed by atoms with van der Waals surface area (Å²) in [5.74, 6) is -0.306. The van der Waals surface area contributed by atoms with E-state index in [9.17, 15) is 4.79 Å². The second-order valence-corrected chi connectivity index (χ2v) is 4.98. The number of hydrogen-bond donors (Lipinski definition) is 1. The van der Waals surface area contributed by atoms with Crippen molar-refractivity contribution in [3.8, 4) is 0 Å². The SMILES string of the molecule is CCCC(C)(C)Cc1ccc(C(=O)OC)[nH]1. The Labute approximate surface area is 97.2 Å². The van der Waals surface area contributed by atoms with Crippen LogP contribution in [-0.4, -0.2) is 18.1 Å². The summed E-state index contributed by atoms with van der Waals surface area (Å²) in [7, 11) is 1.39. The molecule has 3 nitrogen and oxygen atoms in total. The number of carbonyl (C=O) groups excluding carboxylic acids is 1. The molecule has 1 aromatic rings. The van der Waals surface area contributed by atoms with E-state index < -0.39 is 0 Å². The van der Waals surface area contributed by atoms with Crippen molar-refractivity contribution in [3.05, 3.63) is 23.5 Å². The Balaban J connectivity index is 2.68. The van der Waals surface area contributed by atoms with Gasteiger partial charge in [-0.1, -0.05) is 27.2 Å². The van der Waals surface area contributed by atoms with Crippen molar-refractivity contribution in [1.29, 1.82) is 0 Å². The smallest absolute Gasteiger partial charge is 0.354 e. The van der Waals surface area contributed by atoms with Crippen LogP contribution in [-0.2, 0) is 11.2 Å². The Hall–Kier alpha value is -1.25. The van der Waals surface area contributed by atoms with Crippen molar-refractivity contribution in [2.24, 2.45) is 5.41 Å². The topological polar surface area (TPSA) is 42.1 Å². The number of aromatic nitrogens is 1. The minimum absolute atomic E-state index is 0.271. The summed E-state index contributed by atoms with van der Waals surface area (Å²) >= 11 is 0. The van der Waals surface area contributed by atoms with Crippen LogP contribution in [0.5, 0.6) is 0 Å². The van der Waals surface area contributed by atoms with Crippen LogP contribution in [0.15, 0.2) is 12.1 Å². The van der Waals surface area contributed by atoms with Gasteiger partial charge in [-0.05, 0) is 30.4 Å². The first-order valence-corrected chi connectivity index (χ1v) is 5.74. The second kappa shape index (κ2) is 5.19. The third-order valence-electron chi connectivity index (χ3n) is 2.75. The molecule has 0 bridgehead atoms. The van der Waals surface area contributed by atoms with Crippen LogP contribution in [0.25, 0.3) is 0 Å². The highest BCUT2D eigenvalue weighted by Crippen LogP contribution is 2.26. The van der Waals surface area contributed by atoms with Gasteiger partial charge < -0.3 is 9.72 Å². The van der Waals surface area contributed by atoms with Crippen molar-refractivity contribution < 1.29 is 9.53 Å². The predicted octanol–water partition coefficient (Wildman–Crippen LogP) is 3.17. The summed E-state index contributed by atoms with van der Waals surface area (Å²) in [6.45, 7) is 6.68. The fourth-order valence-electron chi connectivity index (χ4n) is 2.05. The van der Waals surface area contributed by atoms with E-state index in [1.165, 1.54) is 20.0 Å². The molecule has 0 atom stereocenters. The van der Waals surface area contributed by atoms with E-state index >= 15 is 0 Å². The van der Waals surface area contributed by atoms with E-state index in [2.05, 4.69) is 30.5 Å². The Morgan fingerprint density at radius 2 is 2.12 bits per heavy atom. The van der Waals surface area contributed by atoms with Crippen molar-refractivity contribution in [2.75, 3.05) is 7.11 Å². The molecule has 0 aromatic carbocycles. The number of nitrogens with one attached hydrogen (secondary N) is 1. The number of ether oxygens (including phenoxy) is 1. The Morgan fingerprint density at radius 1 is 1.44 bits per heavy atom. The number of rotatable bonds is 5. The van der Waals surface area contributed by atoms with Gasteiger partial charge in [0.15, 0.2) is 0 Å². The van der Waals surface area contributed by atoms with Gasteiger partial charge in [-0.25, -0.2) is 4.79 Å². The Morgan fingerprint density at radius 3 is 2.69 bits per heavy atom. The number of hydrogen-bond acceptors (Lipinski definition) is 2. The lowest BCUT2D eigenvalue weighted by Crippen LogP contribution is -2.15. The van der Waals surface area contributed by atoms with Crippen LogP contribution < -0.4 is 0 Å². The van der Waals surface area contributed by atoms with Gasteiger partial charge in [-0.2, -0.15) is 0 Å². The number of methoxy groups -OCH3 is 1. The van der Waals surface area contributed by atoms with E-state index in [-0.39, 0.29) is 11.4 Å². The molecule has 0 aliphatic carbocycles. The first kappa shape index (κ1) is 12.8. The summed E-state index contributed by atoms with van der Waals surface area (Å²) in [5.41, 5.74) is 1.90. The molecule has 90 valence electrons. The number of esters is 1. The standard InChI is InChI=1S/C13H21NO2/c1-5-8-13(2,3)9-10-6-7-11(14-10)12(15)16-4/h6-7,14H,5,8-9H2,1-4H3. The Bertz CT molecular complexity index is 353. The molecular formula is C13H21NO2. The Kier molecular flexibility index (Phi) is 4.16. The van der Waals surface area contributed by atoms with Gasteiger partial charge >= 0.3 is 5.97 Å². The highest BCUT2D eigenvalue weighted by Gasteiger charge is 2.19. The van der Waals surface area contributed by atoms with E-state index in [1.807, 2.05) is 6.07 Å². The van der Waals surface area contributed by atoms with Crippen LogP contribution in [0.4, 0.5) is 0 Å². The van der Waals surface area contributed by atoms with Gasteiger partial charge in [0.2, 0.25) is 0 Å². The lowest BCUT2D eigenvalue weighted by Gasteiger charge is -2.23. The maximum Gasteiger partial charge on any atom is 0.354 e. The molecule has 0 radical (unpaired) electrons. The zero-order valence-corrected chi connectivity index (χ0v) is 10.6. The fraction of sp³-hybridized carbons (Fsp3) is 0.615. The largest absolute Gasteiger partial charge is 0.464 e. The predicted molar refractivity (Wildman–Crippen MR) is 64.5 cm³/mol. The molecule has 0 saturated carbocycles. The summed E-state index contributed by atoms with van der Waals surface area (Å²) in [4.78, 5) is 14.4. The number of H-pyrrole nitrogens is 1. The van der Waals surface area contributed by atoms with Crippen LogP contribution in [0.2, 0.25) is 0 Å². The van der Waals surface area contributed by atoms with Crippen LogP contribution >= 0.6 is 0 Å². The quantitative estimate of drug-likeness (QED) is 0.779. The fourth-order valence-corrected chi connectivity index (χ4v) is 2.05. The highest BCUT2D eigenvalue weighted by atomic mass is 16.5. The van der Waals surface area contributed by atoms with Gasteiger partial charge in [0.25, 0.3) is 0 Å². The van der Waals surface area contributed by atoms with E-state index in [4.69, 9.17) is 0 Å². The summed E-state index contributed by atoms with van der Waals surface area (Å²) < 4.78 is 4.66. The molecule has 0 fully saturated rings. The third kappa shape index (κ3) is 3.40. The number of carbonyl (C=O) groups is 1. The molecular weight excluding hydrogens is 202 g/mol. The lowest BCUT2D eigenvalue weighted by atomic mass is 9.83. The lowest BCUT2D eigenvalue weighted by molar-refractivity contribution is 0.0594. The average Bonchev–Trinajstić information content (AvgIpc) is 2.64. The van der Waals surface area contributed by atoms with Crippen molar-refractivity contribution in [2.45, 2.75) is 40.0 Å². The molecule has 1 N–H and O–H groups in total. The van der Waals surface area contributed by atoms with E-state index in [0.717, 1.165) is 12.1 Å². The molecule has 0 saturated heterocycles. The monoisotopic (exact) mass is 223 g/mol. The third-order valence-corrected chi connectivity index (χ3v) is 2.75. The van der Waals surface area contributed by atoms with Crippen LogP contribution in [0.1, 0.15) is 49.8 Å². The van der Waals surface area contributed by atoms with Gasteiger partial charge in [0.05, 0.1) is 7.11 Å². The molecule has 0 amide bonds. The molecule has 1 aromatic heterocycles. The normalized spacial score (nSPS) is 11.5. The molecule has 1 heterocycles.